The molecule has 2 rings (SSSR count). The lowest BCUT2D eigenvalue weighted by Crippen LogP contribution is -2.08. The van der Waals surface area contributed by atoms with Gasteiger partial charge in [-0.1, -0.05) is 12.1 Å². The molecule has 106 valence electrons. The van der Waals surface area contributed by atoms with Crippen LogP contribution < -0.4 is 10.1 Å². The van der Waals surface area contributed by atoms with Crippen molar-refractivity contribution < 1.29 is 4.74 Å². The topological polar surface area (TPSA) is 47.0 Å². The van der Waals surface area contributed by atoms with Crippen LogP contribution >= 0.6 is 0 Å². The summed E-state index contributed by atoms with van der Waals surface area (Å²) in [6.07, 6.45) is 0.119. The van der Waals surface area contributed by atoms with Crippen LogP contribution in [0.2, 0.25) is 0 Å². The average molecular weight is 271 g/mol. The maximum atomic E-state index is 5.87. The van der Waals surface area contributed by atoms with Crippen molar-refractivity contribution in [1.82, 2.24) is 9.97 Å². The largest absolute Gasteiger partial charge is 0.490 e. The summed E-state index contributed by atoms with van der Waals surface area (Å²) in [4.78, 5) is 9.24. The normalized spacial score (nSPS) is 10.7. The molecule has 0 atom stereocenters. The summed E-state index contributed by atoms with van der Waals surface area (Å²) in [5, 5.41) is 3.11. The Bertz CT molecular complexity index is 609. The first-order valence-electron chi connectivity index (χ1n) is 6.82. The summed E-state index contributed by atoms with van der Waals surface area (Å²) in [6.45, 7) is 7.96. The van der Waals surface area contributed by atoms with E-state index in [9.17, 15) is 0 Å². The molecule has 0 aliphatic heterocycles. The third-order valence-corrected chi connectivity index (χ3v) is 3.05. The number of ether oxygens (including phenoxy) is 1. The van der Waals surface area contributed by atoms with Gasteiger partial charge in [0.25, 0.3) is 0 Å². The first-order chi connectivity index (χ1) is 9.52. The van der Waals surface area contributed by atoms with E-state index >= 15 is 0 Å². The number of nitrogens with zero attached hydrogens (tertiary/aromatic N) is 2. The number of aromatic nitrogens is 2. The summed E-state index contributed by atoms with van der Waals surface area (Å²) >= 11 is 0. The third-order valence-electron chi connectivity index (χ3n) is 3.05. The van der Waals surface area contributed by atoms with Crippen molar-refractivity contribution in [3.8, 4) is 17.0 Å². The Morgan fingerprint density at radius 2 is 1.70 bits per heavy atom. The third kappa shape index (κ3) is 2.90. The van der Waals surface area contributed by atoms with Gasteiger partial charge in [-0.15, -0.1) is 0 Å². The van der Waals surface area contributed by atoms with Crippen LogP contribution in [0.5, 0.6) is 5.75 Å². The number of nitrogens with one attached hydrogen (secondary N) is 1. The molecule has 1 heterocycles. The Hall–Kier alpha value is -2.10. The molecule has 0 radical (unpaired) electrons. The fraction of sp³-hybridized carbons (Fsp3) is 0.375. The van der Waals surface area contributed by atoms with Crippen molar-refractivity contribution in [1.29, 1.82) is 0 Å². The second-order valence-corrected chi connectivity index (χ2v) is 5.00. The standard InChI is InChI=1S/C16H21N3O/c1-10(2)20-14-9-7-6-8-13(14)15-16(17-5)19-12(4)11(3)18-15/h6-10H,1-5H3,(H,17,19). The molecule has 0 saturated carbocycles. The summed E-state index contributed by atoms with van der Waals surface area (Å²) in [5.41, 5.74) is 3.65. The molecule has 0 amide bonds. The maximum absolute atomic E-state index is 5.87. The Morgan fingerprint density at radius 3 is 2.35 bits per heavy atom. The molecular weight excluding hydrogens is 250 g/mol. The van der Waals surface area contributed by atoms with E-state index in [1.807, 2.05) is 59.0 Å². The van der Waals surface area contributed by atoms with E-state index < -0.39 is 0 Å². The molecule has 4 nitrogen and oxygen atoms in total. The molecule has 4 heteroatoms. The van der Waals surface area contributed by atoms with E-state index in [-0.39, 0.29) is 6.10 Å². The van der Waals surface area contributed by atoms with E-state index in [1.54, 1.807) is 0 Å². The molecule has 0 aliphatic rings. The quantitative estimate of drug-likeness (QED) is 0.923. The minimum absolute atomic E-state index is 0.119. The highest BCUT2D eigenvalue weighted by Crippen LogP contribution is 2.33. The highest BCUT2D eigenvalue weighted by Gasteiger charge is 2.15. The minimum Gasteiger partial charge on any atom is -0.490 e. The summed E-state index contributed by atoms with van der Waals surface area (Å²) in [7, 11) is 1.86. The lowest BCUT2D eigenvalue weighted by molar-refractivity contribution is 0.243. The van der Waals surface area contributed by atoms with Gasteiger partial charge in [-0.05, 0) is 39.8 Å². The second-order valence-electron chi connectivity index (χ2n) is 5.00. The minimum atomic E-state index is 0.119. The smallest absolute Gasteiger partial charge is 0.152 e. The van der Waals surface area contributed by atoms with Gasteiger partial charge in [0.2, 0.25) is 0 Å². The molecule has 0 bridgehead atoms. The zero-order valence-electron chi connectivity index (χ0n) is 12.7. The van der Waals surface area contributed by atoms with Crippen molar-refractivity contribution in [2.45, 2.75) is 33.8 Å². The number of anilines is 1. The number of benzene rings is 1. The molecule has 2 aromatic rings. The lowest BCUT2D eigenvalue weighted by Gasteiger charge is -2.16. The van der Waals surface area contributed by atoms with Gasteiger partial charge in [0.15, 0.2) is 5.82 Å². The van der Waals surface area contributed by atoms with Gasteiger partial charge in [0.1, 0.15) is 11.4 Å². The fourth-order valence-electron chi connectivity index (χ4n) is 1.98. The molecule has 1 aromatic heterocycles. The van der Waals surface area contributed by atoms with E-state index in [0.717, 1.165) is 34.2 Å². The summed E-state index contributed by atoms with van der Waals surface area (Å²) < 4.78 is 5.87. The predicted octanol–water partition coefficient (Wildman–Crippen LogP) is 3.59. The number of hydrogen-bond acceptors (Lipinski definition) is 4. The van der Waals surface area contributed by atoms with Crippen LogP contribution in [0.1, 0.15) is 25.2 Å². The Labute approximate surface area is 120 Å². The van der Waals surface area contributed by atoms with Crippen molar-refractivity contribution in [2.24, 2.45) is 0 Å². The van der Waals surface area contributed by atoms with Crippen molar-refractivity contribution in [3.63, 3.8) is 0 Å². The molecule has 1 N–H and O–H groups in total. The van der Waals surface area contributed by atoms with E-state index in [4.69, 9.17) is 4.74 Å². The number of para-hydroxylation sites is 1. The fourth-order valence-corrected chi connectivity index (χ4v) is 1.98. The van der Waals surface area contributed by atoms with Gasteiger partial charge >= 0.3 is 0 Å². The molecule has 20 heavy (non-hydrogen) atoms. The van der Waals surface area contributed by atoms with Gasteiger partial charge < -0.3 is 10.1 Å². The van der Waals surface area contributed by atoms with Crippen LogP contribution in [0.4, 0.5) is 5.82 Å². The monoisotopic (exact) mass is 271 g/mol. The Balaban J connectivity index is 2.59. The van der Waals surface area contributed by atoms with Gasteiger partial charge in [-0.3, -0.25) is 0 Å². The first-order valence-corrected chi connectivity index (χ1v) is 6.82. The van der Waals surface area contributed by atoms with E-state index in [0.29, 0.717) is 0 Å². The number of rotatable bonds is 4. The lowest BCUT2D eigenvalue weighted by atomic mass is 10.1. The first kappa shape index (κ1) is 14.3. The van der Waals surface area contributed by atoms with Gasteiger partial charge in [0, 0.05) is 12.6 Å². The van der Waals surface area contributed by atoms with Crippen LogP contribution in [0.15, 0.2) is 24.3 Å². The SMILES string of the molecule is CNc1nc(C)c(C)nc1-c1ccccc1OC(C)C. The molecule has 0 unspecified atom stereocenters. The highest BCUT2D eigenvalue weighted by molar-refractivity contribution is 5.76. The Morgan fingerprint density at radius 1 is 1.05 bits per heavy atom. The molecule has 1 aromatic carbocycles. The second kappa shape index (κ2) is 5.90. The zero-order valence-corrected chi connectivity index (χ0v) is 12.7. The predicted molar refractivity (Wildman–Crippen MR) is 82.3 cm³/mol. The summed E-state index contributed by atoms with van der Waals surface area (Å²) in [5.74, 6) is 1.60. The maximum Gasteiger partial charge on any atom is 0.152 e. The molecule has 0 fully saturated rings. The average Bonchev–Trinajstić information content (AvgIpc) is 2.41. The highest BCUT2D eigenvalue weighted by atomic mass is 16.5. The molecule has 0 saturated heterocycles. The van der Waals surface area contributed by atoms with Crippen molar-refractivity contribution >= 4 is 5.82 Å². The summed E-state index contributed by atoms with van der Waals surface area (Å²) in [6, 6.07) is 7.93. The van der Waals surface area contributed by atoms with E-state index in [2.05, 4.69) is 15.3 Å². The van der Waals surface area contributed by atoms with Gasteiger partial charge in [-0.25, -0.2) is 9.97 Å². The van der Waals surface area contributed by atoms with E-state index in [1.165, 1.54) is 0 Å². The van der Waals surface area contributed by atoms with Gasteiger partial charge in [-0.2, -0.15) is 0 Å². The van der Waals surface area contributed by atoms with Crippen LogP contribution in [-0.4, -0.2) is 23.1 Å². The molecule has 0 spiro atoms. The van der Waals surface area contributed by atoms with Crippen molar-refractivity contribution in [3.05, 3.63) is 35.7 Å². The van der Waals surface area contributed by atoms with Crippen molar-refractivity contribution in [2.75, 3.05) is 12.4 Å². The van der Waals surface area contributed by atoms with Crippen LogP contribution in [0, 0.1) is 13.8 Å². The number of hydrogen-bond donors (Lipinski definition) is 1. The Kier molecular flexibility index (Phi) is 4.23. The zero-order chi connectivity index (χ0) is 14.7. The van der Waals surface area contributed by atoms with Gasteiger partial charge in [0.05, 0.1) is 17.5 Å². The molecule has 0 aliphatic carbocycles. The van der Waals surface area contributed by atoms with Crippen LogP contribution in [-0.2, 0) is 0 Å². The number of aryl methyl sites for hydroxylation is 2. The van der Waals surface area contributed by atoms with Crippen LogP contribution in [0.25, 0.3) is 11.3 Å². The van der Waals surface area contributed by atoms with Crippen LogP contribution in [0.3, 0.4) is 0 Å². The molecular formula is C16H21N3O.